The minimum absolute atomic E-state index is 0.0458. The molecule has 0 radical (unpaired) electrons. The Bertz CT molecular complexity index is 1630. The first kappa shape index (κ1) is 27.8. The van der Waals surface area contributed by atoms with Gasteiger partial charge < -0.3 is 25.5 Å². The molecule has 0 aromatic heterocycles. The quantitative estimate of drug-likeness (QED) is 0.321. The van der Waals surface area contributed by atoms with Crippen molar-refractivity contribution in [2.24, 2.45) is 0 Å². The van der Waals surface area contributed by atoms with Gasteiger partial charge in [-0.05, 0) is 67.1 Å². The molecule has 0 saturated carbocycles. The highest BCUT2D eigenvalue weighted by Crippen LogP contribution is 2.38. The highest BCUT2D eigenvalue weighted by molar-refractivity contribution is 6.04. The number of fused-ring (bicyclic) bond motifs is 2. The van der Waals surface area contributed by atoms with E-state index in [4.69, 9.17) is 0 Å². The molecule has 0 bridgehead atoms. The van der Waals surface area contributed by atoms with Crippen LogP contribution in [0.4, 0.5) is 11.4 Å². The number of aliphatic hydroxyl groups excluding tert-OH is 1. The largest absolute Gasteiger partial charge is 0.369 e. The Balaban J connectivity index is 1.62. The Labute approximate surface area is 239 Å². The smallest absolute Gasteiger partial charge is 0.251 e. The predicted octanol–water partition coefficient (Wildman–Crippen LogP) is 4.16. The summed E-state index contributed by atoms with van der Waals surface area (Å²) in [6, 6.07) is 27.0. The molecule has 4 aromatic carbocycles. The van der Waals surface area contributed by atoms with Crippen LogP contribution in [0.5, 0.6) is 0 Å². The maximum atomic E-state index is 14.3. The normalized spacial score (nSPS) is 16.5. The second-order valence-corrected chi connectivity index (χ2v) is 10.3. The molecule has 0 aliphatic carbocycles. The molecule has 8 heteroatoms. The van der Waals surface area contributed by atoms with Gasteiger partial charge >= 0.3 is 0 Å². The summed E-state index contributed by atoms with van der Waals surface area (Å²) >= 11 is 0. The summed E-state index contributed by atoms with van der Waals surface area (Å²) in [6.45, 7) is 4.10. The van der Waals surface area contributed by atoms with E-state index in [0.29, 0.717) is 22.5 Å². The number of likely N-dealkylation sites (N-methyl/N-ethyl adjacent to an activating group) is 1. The second-order valence-electron chi connectivity index (χ2n) is 10.3. The van der Waals surface area contributed by atoms with Crippen LogP contribution in [0.2, 0.25) is 0 Å². The molecule has 5 rings (SSSR count). The van der Waals surface area contributed by atoms with E-state index < -0.39 is 18.3 Å². The van der Waals surface area contributed by atoms with Gasteiger partial charge in [0.05, 0.1) is 42.1 Å². The van der Waals surface area contributed by atoms with E-state index in [0.717, 1.165) is 21.9 Å². The number of aryl methyl sites for hydroxylation is 1. The number of carbonyl (C=O) groups is 2. The van der Waals surface area contributed by atoms with E-state index in [1.807, 2.05) is 49.4 Å². The van der Waals surface area contributed by atoms with Crippen LogP contribution in [0.15, 0.2) is 84.9 Å². The van der Waals surface area contributed by atoms with E-state index in [1.54, 1.807) is 48.0 Å². The van der Waals surface area contributed by atoms with Crippen LogP contribution in [0.3, 0.4) is 0 Å². The van der Waals surface area contributed by atoms with Gasteiger partial charge in [-0.25, -0.2) is 0 Å². The summed E-state index contributed by atoms with van der Waals surface area (Å²) in [5.41, 5.74) is 4.41. The van der Waals surface area contributed by atoms with Gasteiger partial charge in [-0.3, -0.25) is 9.59 Å². The molecule has 1 heterocycles. The molecule has 3 N–H and O–H groups in total. The van der Waals surface area contributed by atoms with E-state index in [2.05, 4.69) is 34.9 Å². The lowest BCUT2D eigenvalue weighted by Gasteiger charge is -2.32. The molecule has 41 heavy (non-hydrogen) atoms. The van der Waals surface area contributed by atoms with Gasteiger partial charge in [0.15, 0.2) is 6.23 Å². The van der Waals surface area contributed by atoms with Gasteiger partial charge in [0.1, 0.15) is 6.04 Å². The van der Waals surface area contributed by atoms with Crippen LogP contribution in [0.1, 0.15) is 35.4 Å². The lowest BCUT2D eigenvalue weighted by atomic mass is 9.99. The number of nitrogens with one attached hydrogen (secondary N) is 2. The van der Waals surface area contributed by atoms with Crippen molar-refractivity contribution in [1.82, 2.24) is 10.6 Å². The topological polar surface area (TPSA) is 109 Å². The van der Waals surface area contributed by atoms with Crippen molar-refractivity contribution in [3.05, 3.63) is 107 Å². The maximum absolute atomic E-state index is 14.3. The van der Waals surface area contributed by atoms with E-state index in [-0.39, 0.29) is 24.9 Å². The number of para-hydroxylation sites is 2. The fourth-order valence-corrected chi connectivity index (χ4v) is 5.27. The molecule has 3 unspecified atom stereocenters. The first-order valence-corrected chi connectivity index (χ1v) is 13.6. The van der Waals surface area contributed by atoms with Gasteiger partial charge in [-0.1, -0.05) is 60.7 Å². The van der Waals surface area contributed by atoms with Crippen molar-refractivity contribution in [1.29, 1.82) is 5.26 Å². The first-order chi connectivity index (χ1) is 19.8. The monoisotopic (exact) mass is 547 g/mol. The average molecular weight is 548 g/mol. The Kier molecular flexibility index (Phi) is 8.02. The van der Waals surface area contributed by atoms with Gasteiger partial charge in [0.25, 0.3) is 5.91 Å². The van der Waals surface area contributed by atoms with Crippen molar-refractivity contribution in [3.8, 4) is 6.07 Å². The third-order valence-electron chi connectivity index (χ3n) is 7.79. The zero-order valence-electron chi connectivity index (χ0n) is 23.3. The molecule has 8 nitrogen and oxygen atoms in total. The number of nitriles is 1. The van der Waals surface area contributed by atoms with Crippen molar-refractivity contribution in [2.75, 3.05) is 23.4 Å². The average Bonchev–Trinajstić information content (AvgIpc) is 3.12. The lowest BCUT2D eigenvalue weighted by Crippen LogP contribution is -2.55. The molecule has 4 aromatic rings. The van der Waals surface area contributed by atoms with E-state index in [9.17, 15) is 20.0 Å². The zero-order chi connectivity index (χ0) is 29.1. The number of anilines is 2. The highest BCUT2D eigenvalue weighted by atomic mass is 16.3. The van der Waals surface area contributed by atoms with Crippen LogP contribution >= 0.6 is 0 Å². The molecular weight excluding hydrogens is 514 g/mol. The number of rotatable bonds is 7. The van der Waals surface area contributed by atoms with Crippen molar-refractivity contribution >= 4 is 34.0 Å². The van der Waals surface area contributed by atoms with Crippen LogP contribution < -0.4 is 20.4 Å². The molecule has 0 saturated heterocycles. The lowest BCUT2D eigenvalue weighted by molar-refractivity contribution is -0.128. The predicted molar refractivity (Wildman–Crippen MR) is 160 cm³/mol. The Morgan fingerprint density at radius 3 is 2.41 bits per heavy atom. The number of aliphatic hydroxyl groups is 1. The third kappa shape index (κ3) is 5.50. The Hall–Kier alpha value is -4.71. The van der Waals surface area contributed by atoms with Crippen molar-refractivity contribution < 1.29 is 14.7 Å². The van der Waals surface area contributed by atoms with Gasteiger partial charge in [0.2, 0.25) is 5.91 Å². The molecule has 208 valence electrons. The minimum Gasteiger partial charge on any atom is -0.369 e. The number of nitrogens with zero attached hydrogens (tertiary/aromatic N) is 3. The molecule has 3 atom stereocenters. The number of benzene rings is 4. The Morgan fingerprint density at radius 2 is 1.71 bits per heavy atom. The molecule has 0 spiro atoms. The molecule has 1 aliphatic rings. The summed E-state index contributed by atoms with van der Waals surface area (Å²) in [5, 5.41) is 28.8. The number of amides is 2. The molecule has 2 amide bonds. The van der Waals surface area contributed by atoms with Crippen molar-refractivity contribution in [2.45, 2.75) is 38.7 Å². The minimum atomic E-state index is -1.13. The van der Waals surface area contributed by atoms with Gasteiger partial charge in [-0.15, -0.1) is 0 Å². The summed E-state index contributed by atoms with van der Waals surface area (Å²) in [6.07, 6.45) is -1.13. The van der Waals surface area contributed by atoms with Crippen LogP contribution in [-0.2, 0) is 16.1 Å². The standard InChI is InChI=1S/C33H33N5O3/c1-21-12-15-24-8-4-5-9-26(24)27(21)19-37-29-10-6-7-11-30(29)38(32(40)25-16-13-23(18-34)14-17-25)20-28(33(37)41)36-31(39)22(2)35-3/h4-17,22,28,32,35,40H,19-20H2,1-3H3,(H,36,39). The summed E-state index contributed by atoms with van der Waals surface area (Å²) in [4.78, 5) is 30.8. The molecule has 0 fully saturated rings. The summed E-state index contributed by atoms with van der Waals surface area (Å²) in [5.74, 6) is -0.582. The maximum Gasteiger partial charge on any atom is 0.251 e. The number of hydrogen-bond acceptors (Lipinski definition) is 6. The third-order valence-corrected chi connectivity index (χ3v) is 7.79. The van der Waals surface area contributed by atoms with E-state index >= 15 is 0 Å². The molecule has 1 aliphatic heterocycles. The summed E-state index contributed by atoms with van der Waals surface area (Å²) < 4.78 is 0. The van der Waals surface area contributed by atoms with Crippen LogP contribution in [0, 0.1) is 18.3 Å². The van der Waals surface area contributed by atoms with Gasteiger partial charge in [-0.2, -0.15) is 5.26 Å². The van der Waals surface area contributed by atoms with Crippen LogP contribution in [-0.4, -0.2) is 42.6 Å². The SMILES string of the molecule is CNC(C)C(=O)NC1CN(C(O)c2ccc(C#N)cc2)c2ccccc2N(Cc2c(C)ccc3ccccc23)C1=O. The fraction of sp³-hybridized carbons (Fsp3) is 0.242. The molecular formula is C33H33N5O3. The Morgan fingerprint density at radius 1 is 1.02 bits per heavy atom. The van der Waals surface area contributed by atoms with E-state index in [1.165, 1.54) is 0 Å². The van der Waals surface area contributed by atoms with Crippen molar-refractivity contribution in [3.63, 3.8) is 0 Å². The second kappa shape index (κ2) is 11.8. The zero-order valence-corrected chi connectivity index (χ0v) is 23.3. The van der Waals surface area contributed by atoms with Gasteiger partial charge in [0, 0.05) is 5.56 Å². The number of carbonyl (C=O) groups excluding carboxylic acids is 2. The first-order valence-electron chi connectivity index (χ1n) is 13.6. The fourth-order valence-electron chi connectivity index (χ4n) is 5.27. The summed E-state index contributed by atoms with van der Waals surface area (Å²) in [7, 11) is 1.69. The van der Waals surface area contributed by atoms with Crippen LogP contribution in [0.25, 0.3) is 10.8 Å². The highest BCUT2D eigenvalue weighted by Gasteiger charge is 2.37. The number of hydrogen-bond donors (Lipinski definition) is 3.